The van der Waals surface area contributed by atoms with Crippen molar-refractivity contribution in [3.63, 3.8) is 0 Å². The number of allylic oxidation sites excluding steroid dienone is 5. The fraction of sp³-hybridized carbons (Fsp3) is 0.606. The summed E-state index contributed by atoms with van der Waals surface area (Å²) in [7, 11) is 2.16. The van der Waals surface area contributed by atoms with Crippen LogP contribution in [-0.4, -0.2) is 163 Å². The highest BCUT2D eigenvalue weighted by molar-refractivity contribution is 7.09. The van der Waals surface area contributed by atoms with E-state index in [0.29, 0.717) is 56.0 Å². The van der Waals surface area contributed by atoms with Crippen molar-refractivity contribution in [2.45, 2.75) is 189 Å². The van der Waals surface area contributed by atoms with Crippen LogP contribution in [0.1, 0.15) is 184 Å². The second kappa shape index (κ2) is 38.4. The molecule has 3 aromatic rings. The third-order valence-electron chi connectivity index (χ3n) is 17.7. The Morgan fingerprint density at radius 2 is 1.60 bits per heavy atom. The molecule has 0 bridgehead atoms. The molecule has 1 saturated heterocycles. The number of aliphatic carboxylic acids is 1. The van der Waals surface area contributed by atoms with E-state index in [-0.39, 0.29) is 99.2 Å². The van der Waals surface area contributed by atoms with E-state index in [0.717, 1.165) is 92.4 Å². The first kappa shape index (κ1) is 74.3. The molecule has 3 aliphatic rings. The monoisotopic (exact) mass is 1290 g/mol. The highest BCUT2D eigenvalue weighted by atomic mass is 32.1. The number of nitrogens with one attached hydrogen (secondary N) is 5. The number of aromatic nitrogens is 1. The Morgan fingerprint density at radius 3 is 2.28 bits per heavy atom. The van der Waals surface area contributed by atoms with E-state index >= 15 is 4.79 Å². The average molecular weight is 1290 g/mol. The van der Waals surface area contributed by atoms with Crippen LogP contribution in [-0.2, 0) is 55.9 Å². The molecule has 92 heavy (non-hydrogen) atoms. The summed E-state index contributed by atoms with van der Waals surface area (Å²) in [5.74, 6) is -2.42. The van der Waals surface area contributed by atoms with Gasteiger partial charge in [-0.3, -0.25) is 33.6 Å². The predicted octanol–water partition coefficient (Wildman–Crippen LogP) is 10.0. The van der Waals surface area contributed by atoms with Gasteiger partial charge in [-0.1, -0.05) is 127 Å². The van der Waals surface area contributed by atoms with Crippen LogP contribution in [0.15, 0.2) is 83.4 Å². The molecule has 1 fully saturated rings. The van der Waals surface area contributed by atoms with Crippen molar-refractivity contribution in [2.24, 2.45) is 17.3 Å². The van der Waals surface area contributed by atoms with E-state index in [1.54, 1.807) is 19.2 Å². The first-order chi connectivity index (χ1) is 44.2. The summed E-state index contributed by atoms with van der Waals surface area (Å²) in [5.41, 5.74) is 4.58. The molecule has 5 amide bonds. The van der Waals surface area contributed by atoms with Gasteiger partial charge in [0.25, 0.3) is 5.91 Å². The predicted molar refractivity (Wildman–Crippen MR) is 361 cm³/mol. The van der Waals surface area contributed by atoms with Crippen LogP contribution < -0.4 is 26.6 Å². The number of ether oxygens (including phenoxy) is 3. The number of hydrogen-bond acceptors (Lipinski definition) is 15. The molecule has 1 unspecified atom stereocenters. The van der Waals surface area contributed by atoms with Gasteiger partial charge in [0.15, 0.2) is 6.10 Å². The molecule has 1 aromatic heterocycles. The SMILES string of the molecule is CCCCCCN(C(=O)[C@@H](NCC1CCCCN1C)[C@@H](C)CC)[C@H](C[C@@H](OC(C)=O)c1nc(C(=O)N[C@@H](Cc2ccc(NCC(=O)NCCOCCOCCNC(=O)CCC(=O)N3Cc4ccccc4/C=C\C4=C3CCC=C4)cc2)CC(C)(C)C(=O)O)cs1)C(C)C. The molecular formula is C71H105N9O11S. The number of anilines is 1. The number of nitrogens with zero attached hydrogens (tertiary/aromatic N) is 4. The molecule has 0 saturated carbocycles. The molecule has 2 aromatic carbocycles. The molecule has 3 heterocycles. The van der Waals surface area contributed by atoms with E-state index in [1.807, 2.05) is 58.3 Å². The van der Waals surface area contributed by atoms with Gasteiger partial charge in [-0.15, -0.1) is 11.3 Å². The smallest absolute Gasteiger partial charge is 0.309 e. The number of hydrogen-bond donors (Lipinski definition) is 6. The van der Waals surface area contributed by atoms with Crippen molar-refractivity contribution in [2.75, 3.05) is 78.1 Å². The van der Waals surface area contributed by atoms with Gasteiger partial charge in [-0.2, -0.15) is 0 Å². The number of esters is 1. The van der Waals surface area contributed by atoms with Crippen molar-refractivity contribution >= 4 is 64.6 Å². The fourth-order valence-electron chi connectivity index (χ4n) is 12.0. The largest absolute Gasteiger partial charge is 0.481 e. The van der Waals surface area contributed by atoms with Gasteiger partial charge in [-0.05, 0) is 119 Å². The normalized spacial score (nSPS) is 17.0. The highest BCUT2D eigenvalue weighted by Gasteiger charge is 2.38. The Morgan fingerprint density at radius 1 is 0.870 bits per heavy atom. The number of fused-ring (bicyclic) bond motifs is 1. The number of amides is 5. The van der Waals surface area contributed by atoms with Crippen LogP contribution in [0.5, 0.6) is 0 Å². The minimum atomic E-state index is -1.19. The zero-order valence-corrected chi connectivity index (χ0v) is 57.0. The molecule has 20 nitrogen and oxygen atoms in total. The number of carboxylic acid groups (broad SMARTS) is 1. The highest BCUT2D eigenvalue weighted by Crippen LogP contribution is 2.34. The summed E-state index contributed by atoms with van der Waals surface area (Å²) in [6.07, 6.45) is 18.2. The van der Waals surface area contributed by atoms with Crippen LogP contribution in [0.4, 0.5) is 5.69 Å². The van der Waals surface area contributed by atoms with Crippen LogP contribution in [0.3, 0.4) is 0 Å². The number of piperidine rings is 1. The van der Waals surface area contributed by atoms with Gasteiger partial charge >= 0.3 is 11.9 Å². The number of rotatable bonds is 39. The lowest BCUT2D eigenvalue weighted by Gasteiger charge is -2.40. The number of carbonyl (C=O) groups excluding carboxylic acids is 6. The Kier molecular flexibility index (Phi) is 31.0. The average Bonchev–Trinajstić information content (AvgIpc) is 1.03. The van der Waals surface area contributed by atoms with Crippen molar-refractivity contribution < 1.29 is 52.9 Å². The maximum absolute atomic E-state index is 15.1. The maximum atomic E-state index is 15.1. The van der Waals surface area contributed by atoms with Gasteiger partial charge < -0.3 is 60.6 Å². The lowest BCUT2D eigenvalue weighted by atomic mass is 9.84. The minimum Gasteiger partial charge on any atom is -0.481 e. The summed E-state index contributed by atoms with van der Waals surface area (Å²) < 4.78 is 17.3. The van der Waals surface area contributed by atoms with Crippen LogP contribution in [0.2, 0.25) is 0 Å². The topological polar surface area (TPSA) is 250 Å². The van der Waals surface area contributed by atoms with Gasteiger partial charge in [0, 0.05) is 87.3 Å². The molecule has 21 heteroatoms. The lowest BCUT2D eigenvalue weighted by molar-refractivity contribution is -0.149. The molecule has 0 spiro atoms. The Balaban J connectivity index is 0.940. The summed E-state index contributed by atoms with van der Waals surface area (Å²) >= 11 is 1.21. The summed E-state index contributed by atoms with van der Waals surface area (Å²) in [5, 5.41) is 27.8. The summed E-state index contributed by atoms with van der Waals surface area (Å²) in [4.78, 5) is 104. The van der Waals surface area contributed by atoms with Gasteiger partial charge in [0.2, 0.25) is 23.6 Å². The number of unbranched alkanes of at least 4 members (excludes halogenated alkanes) is 3. The number of thiazole rings is 1. The van der Waals surface area contributed by atoms with Crippen molar-refractivity contribution in [1.82, 2.24) is 41.0 Å². The van der Waals surface area contributed by atoms with E-state index in [1.165, 1.54) is 31.1 Å². The van der Waals surface area contributed by atoms with Gasteiger partial charge in [-0.25, -0.2) is 4.98 Å². The number of likely N-dealkylation sites (N-methyl/N-ethyl adjacent to an activating group) is 1. The number of carboxylic acids is 1. The first-order valence-electron chi connectivity index (χ1n) is 33.6. The van der Waals surface area contributed by atoms with Crippen molar-refractivity contribution in [3.05, 3.63) is 111 Å². The Bertz CT molecular complexity index is 2960. The Hall–Kier alpha value is -6.78. The molecule has 1 aliphatic carbocycles. The molecular weight excluding hydrogens is 1190 g/mol. The maximum Gasteiger partial charge on any atom is 0.309 e. The molecule has 506 valence electrons. The van der Waals surface area contributed by atoms with Gasteiger partial charge in [0.1, 0.15) is 10.7 Å². The van der Waals surface area contributed by atoms with E-state index in [2.05, 4.69) is 97.5 Å². The van der Waals surface area contributed by atoms with Crippen molar-refractivity contribution in [1.29, 1.82) is 0 Å². The first-order valence-corrected chi connectivity index (χ1v) is 34.4. The number of carbonyl (C=O) groups is 7. The molecule has 6 atom stereocenters. The molecule has 0 radical (unpaired) electrons. The number of likely N-dealkylation sites (tertiary alicyclic amines) is 1. The van der Waals surface area contributed by atoms with E-state index < -0.39 is 41.4 Å². The number of benzene rings is 2. The third-order valence-corrected chi connectivity index (χ3v) is 18.7. The zero-order chi connectivity index (χ0) is 66.6. The second-order valence-electron chi connectivity index (χ2n) is 25.8. The Labute approximate surface area is 550 Å². The van der Waals surface area contributed by atoms with E-state index in [9.17, 15) is 33.9 Å². The lowest BCUT2D eigenvalue weighted by Crippen LogP contribution is -2.57. The summed E-state index contributed by atoms with van der Waals surface area (Å²) in [6, 6.07) is 14.4. The molecule has 6 rings (SSSR count). The standard InChI is InChI=1S/C71H105N9O11S/c1-10-12-13-19-37-79(69(86)66(50(5)11-2)75-45-58-24-18-20-36-78(58)9)61(49(3)4)43-62(91-51(6)81)68-77-59(48-92-68)67(85)76-57(44-71(7,8)70(87)88)42-52-26-30-56(31-27-52)74-46-64(83)73-35-39-90-41-40-89-38-34-72-63(82)32-33-65(84)80-47-55-23-15-14-21-53(55)28-29-54-22-16-17-25-60(54)80/h14-16,21-23,26-31,48-50,57-58,61-62,66,74-75H,10-13,17-20,24-25,32-47H2,1-9H3,(H,72,82)(H,73,83)(H,76,85)(H,87,88)/b29-28-/t50-,57-,58?,61+,62+,66-/m0/s1. The van der Waals surface area contributed by atoms with Crippen LogP contribution in [0.25, 0.3) is 6.08 Å². The second-order valence-corrected chi connectivity index (χ2v) is 26.7. The van der Waals surface area contributed by atoms with Crippen LogP contribution >= 0.6 is 11.3 Å². The van der Waals surface area contributed by atoms with Gasteiger partial charge in [0.05, 0.1) is 51.0 Å². The zero-order valence-electron chi connectivity index (χ0n) is 56.2. The quantitative estimate of drug-likeness (QED) is 0.0230. The van der Waals surface area contributed by atoms with Crippen LogP contribution in [0, 0.1) is 17.3 Å². The minimum absolute atomic E-state index is 0.00497. The molecule has 6 N–H and O–H groups in total. The summed E-state index contributed by atoms with van der Waals surface area (Å²) in [6.45, 7) is 19.7. The fourth-order valence-corrected chi connectivity index (χ4v) is 12.9. The molecule has 2 aliphatic heterocycles. The van der Waals surface area contributed by atoms with Crippen molar-refractivity contribution in [3.8, 4) is 0 Å². The van der Waals surface area contributed by atoms with E-state index in [4.69, 9.17) is 19.2 Å². The third kappa shape index (κ3) is 24.0.